The second-order valence-corrected chi connectivity index (χ2v) is 6.21. The van der Waals surface area contributed by atoms with E-state index in [2.05, 4.69) is 16.0 Å². The molecule has 0 aliphatic carbocycles. The molecule has 2 aromatic rings. The Bertz CT molecular complexity index is 667. The molecule has 0 amide bonds. The standard InChI is InChI=1S/C15H15N3S2/c1-9-10(2)17-15(18-11(9)3)20-14-7-5-6-13(19-4)12(14)8-16/h5-7H,1-4H3. The summed E-state index contributed by atoms with van der Waals surface area (Å²) in [5.74, 6) is 0. The van der Waals surface area contributed by atoms with E-state index in [1.807, 2.05) is 45.2 Å². The zero-order valence-corrected chi connectivity index (χ0v) is 13.5. The van der Waals surface area contributed by atoms with E-state index in [1.165, 1.54) is 11.8 Å². The average Bonchev–Trinajstić information content (AvgIpc) is 2.44. The van der Waals surface area contributed by atoms with Crippen LogP contribution in [0.25, 0.3) is 0 Å². The van der Waals surface area contributed by atoms with Crippen LogP contribution in [-0.4, -0.2) is 16.2 Å². The van der Waals surface area contributed by atoms with E-state index in [4.69, 9.17) is 0 Å². The number of hydrogen-bond donors (Lipinski definition) is 0. The molecule has 5 heteroatoms. The molecule has 0 aliphatic heterocycles. The molecular formula is C15H15N3S2. The molecule has 1 aromatic carbocycles. The van der Waals surface area contributed by atoms with Crippen LogP contribution in [0, 0.1) is 32.1 Å². The van der Waals surface area contributed by atoms with Crippen LogP contribution in [0.1, 0.15) is 22.5 Å². The first-order valence-corrected chi connectivity index (χ1v) is 8.17. The van der Waals surface area contributed by atoms with Crippen molar-refractivity contribution in [1.82, 2.24) is 9.97 Å². The van der Waals surface area contributed by atoms with Crippen molar-refractivity contribution < 1.29 is 0 Å². The third-order valence-electron chi connectivity index (χ3n) is 3.13. The molecule has 1 heterocycles. The lowest BCUT2D eigenvalue weighted by atomic mass is 10.2. The molecule has 3 nitrogen and oxygen atoms in total. The summed E-state index contributed by atoms with van der Waals surface area (Å²) >= 11 is 3.02. The molecule has 0 N–H and O–H groups in total. The number of hydrogen-bond acceptors (Lipinski definition) is 5. The van der Waals surface area contributed by atoms with Gasteiger partial charge >= 0.3 is 0 Å². The van der Waals surface area contributed by atoms with E-state index < -0.39 is 0 Å². The second kappa shape index (κ2) is 6.29. The van der Waals surface area contributed by atoms with Crippen LogP contribution < -0.4 is 0 Å². The van der Waals surface area contributed by atoms with Crippen molar-refractivity contribution in [1.29, 1.82) is 5.26 Å². The maximum absolute atomic E-state index is 9.34. The van der Waals surface area contributed by atoms with Gasteiger partial charge < -0.3 is 0 Å². The van der Waals surface area contributed by atoms with Crippen LogP contribution in [0.15, 0.2) is 33.1 Å². The SMILES string of the molecule is CSc1cccc(Sc2nc(C)c(C)c(C)n2)c1C#N. The second-order valence-electron chi connectivity index (χ2n) is 4.35. The van der Waals surface area contributed by atoms with Crippen molar-refractivity contribution in [2.24, 2.45) is 0 Å². The molecule has 0 saturated heterocycles. The lowest BCUT2D eigenvalue weighted by molar-refractivity contribution is 0.880. The third-order valence-corrected chi connectivity index (χ3v) is 4.84. The Morgan fingerprint density at radius 2 is 1.65 bits per heavy atom. The smallest absolute Gasteiger partial charge is 0.192 e. The van der Waals surface area contributed by atoms with Crippen molar-refractivity contribution in [3.8, 4) is 6.07 Å². The van der Waals surface area contributed by atoms with Crippen LogP contribution in [0.4, 0.5) is 0 Å². The number of nitriles is 1. The van der Waals surface area contributed by atoms with Crippen LogP contribution in [-0.2, 0) is 0 Å². The van der Waals surface area contributed by atoms with E-state index in [9.17, 15) is 5.26 Å². The largest absolute Gasteiger partial charge is 0.227 e. The van der Waals surface area contributed by atoms with E-state index in [-0.39, 0.29) is 0 Å². The van der Waals surface area contributed by atoms with Crippen molar-refractivity contribution in [2.45, 2.75) is 35.7 Å². The summed E-state index contributed by atoms with van der Waals surface area (Å²) in [6, 6.07) is 8.14. The van der Waals surface area contributed by atoms with E-state index in [1.54, 1.807) is 11.8 Å². The monoisotopic (exact) mass is 301 g/mol. The number of nitrogens with zero attached hydrogens (tertiary/aromatic N) is 3. The zero-order valence-electron chi connectivity index (χ0n) is 11.9. The van der Waals surface area contributed by atoms with Gasteiger partial charge in [0.2, 0.25) is 0 Å². The molecule has 0 radical (unpaired) electrons. The fourth-order valence-electron chi connectivity index (χ4n) is 1.76. The van der Waals surface area contributed by atoms with Gasteiger partial charge in [0.15, 0.2) is 5.16 Å². The predicted octanol–water partition coefficient (Wildman–Crippen LogP) is 4.15. The minimum Gasteiger partial charge on any atom is -0.227 e. The van der Waals surface area contributed by atoms with Crippen molar-refractivity contribution in [2.75, 3.05) is 6.26 Å². The number of aromatic nitrogens is 2. The van der Waals surface area contributed by atoms with Gasteiger partial charge in [-0.1, -0.05) is 6.07 Å². The lowest BCUT2D eigenvalue weighted by Crippen LogP contribution is -1.98. The summed E-state index contributed by atoms with van der Waals surface area (Å²) in [5, 5.41) is 10.0. The molecule has 102 valence electrons. The molecule has 0 atom stereocenters. The Labute approximate surface area is 127 Å². The van der Waals surface area contributed by atoms with Crippen LogP contribution in [0.5, 0.6) is 0 Å². The van der Waals surface area contributed by atoms with Gasteiger partial charge in [-0.3, -0.25) is 0 Å². The van der Waals surface area contributed by atoms with Gasteiger partial charge in [0.25, 0.3) is 0 Å². The van der Waals surface area contributed by atoms with E-state index in [0.717, 1.165) is 26.7 Å². The maximum Gasteiger partial charge on any atom is 0.192 e. The highest BCUT2D eigenvalue weighted by atomic mass is 32.2. The van der Waals surface area contributed by atoms with Crippen LogP contribution in [0.3, 0.4) is 0 Å². The molecule has 20 heavy (non-hydrogen) atoms. The highest BCUT2D eigenvalue weighted by molar-refractivity contribution is 7.99. The highest BCUT2D eigenvalue weighted by Crippen LogP contribution is 2.33. The summed E-state index contributed by atoms with van der Waals surface area (Å²) in [5.41, 5.74) is 3.79. The van der Waals surface area contributed by atoms with Gasteiger partial charge in [-0.25, -0.2) is 9.97 Å². The van der Waals surface area contributed by atoms with Crippen molar-refractivity contribution in [3.05, 3.63) is 40.7 Å². The first-order chi connectivity index (χ1) is 9.56. The molecule has 0 bridgehead atoms. The fraction of sp³-hybridized carbons (Fsp3) is 0.267. The minimum atomic E-state index is 0.695. The Hall–Kier alpha value is -1.51. The van der Waals surface area contributed by atoms with Gasteiger partial charge in [0.05, 0.1) is 5.56 Å². The van der Waals surface area contributed by atoms with E-state index >= 15 is 0 Å². The third kappa shape index (κ3) is 2.97. The number of aryl methyl sites for hydroxylation is 2. The zero-order chi connectivity index (χ0) is 14.7. The predicted molar refractivity (Wildman–Crippen MR) is 83.3 cm³/mol. The summed E-state index contributed by atoms with van der Waals surface area (Å²) in [7, 11) is 0. The molecule has 0 spiro atoms. The van der Waals surface area contributed by atoms with Crippen molar-refractivity contribution >= 4 is 23.5 Å². The van der Waals surface area contributed by atoms with Gasteiger partial charge in [-0.2, -0.15) is 5.26 Å². The fourth-order valence-corrected chi connectivity index (χ4v) is 3.37. The molecule has 0 fully saturated rings. The number of thioether (sulfide) groups is 1. The maximum atomic E-state index is 9.34. The molecule has 1 aromatic heterocycles. The van der Waals surface area contributed by atoms with Gasteiger partial charge in [-0.05, 0) is 56.5 Å². The summed E-state index contributed by atoms with van der Waals surface area (Å²) in [6.07, 6.45) is 1.97. The van der Waals surface area contributed by atoms with Gasteiger partial charge in [0, 0.05) is 21.2 Å². The summed E-state index contributed by atoms with van der Waals surface area (Å²) in [4.78, 5) is 10.9. The Morgan fingerprint density at radius 1 is 1.05 bits per heavy atom. The van der Waals surface area contributed by atoms with Crippen molar-refractivity contribution in [3.63, 3.8) is 0 Å². The Balaban J connectivity index is 2.43. The summed E-state index contributed by atoms with van der Waals surface area (Å²) < 4.78 is 0. The first-order valence-electron chi connectivity index (χ1n) is 6.13. The topological polar surface area (TPSA) is 49.6 Å². The molecule has 2 rings (SSSR count). The van der Waals surface area contributed by atoms with Gasteiger partial charge in [0.1, 0.15) is 6.07 Å². The lowest BCUT2D eigenvalue weighted by Gasteiger charge is -2.09. The number of rotatable bonds is 3. The normalized spacial score (nSPS) is 10.3. The summed E-state index contributed by atoms with van der Waals surface area (Å²) in [6.45, 7) is 5.99. The van der Waals surface area contributed by atoms with Gasteiger partial charge in [-0.15, -0.1) is 11.8 Å². The Morgan fingerprint density at radius 3 is 2.20 bits per heavy atom. The average molecular weight is 301 g/mol. The first kappa shape index (κ1) is 14.9. The van der Waals surface area contributed by atoms with Crippen LogP contribution >= 0.6 is 23.5 Å². The number of benzene rings is 1. The Kier molecular flexibility index (Phi) is 4.69. The molecule has 0 aliphatic rings. The highest BCUT2D eigenvalue weighted by Gasteiger charge is 2.12. The van der Waals surface area contributed by atoms with E-state index in [0.29, 0.717) is 10.7 Å². The minimum absolute atomic E-state index is 0.695. The molecule has 0 saturated carbocycles. The molecular weight excluding hydrogens is 286 g/mol. The quantitative estimate of drug-likeness (QED) is 0.629. The molecule has 0 unspecified atom stereocenters. The van der Waals surface area contributed by atoms with Crippen LogP contribution in [0.2, 0.25) is 0 Å².